The number of rotatable bonds is 8. The number of hydrogen-bond acceptors (Lipinski definition) is 11. The summed E-state index contributed by atoms with van der Waals surface area (Å²) in [5.41, 5.74) is 0.351. The summed E-state index contributed by atoms with van der Waals surface area (Å²) < 4.78 is 47.6. The number of aromatic nitrogens is 3. The Morgan fingerprint density at radius 3 is 2.56 bits per heavy atom. The highest BCUT2D eigenvalue weighted by atomic mass is 32.2. The first-order valence-electron chi connectivity index (χ1n) is 20.7. The summed E-state index contributed by atoms with van der Waals surface area (Å²) in [7, 11) is -4.01. The minimum atomic E-state index is -4.01. The van der Waals surface area contributed by atoms with E-state index in [1.54, 1.807) is 35.8 Å². The van der Waals surface area contributed by atoms with Gasteiger partial charge in [0, 0.05) is 18.4 Å². The molecular weight excluding hydrogens is 779 g/mol. The molecule has 4 fully saturated rings. The van der Waals surface area contributed by atoms with Gasteiger partial charge in [0.2, 0.25) is 33.5 Å². The number of benzene rings is 1. The molecule has 5 atom stereocenters. The first-order valence-corrected chi connectivity index (χ1v) is 22.2. The summed E-state index contributed by atoms with van der Waals surface area (Å²) in [6, 6.07) is 10.6. The molecule has 3 aliphatic carbocycles. The van der Waals surface area contributed by atoms with Crippen molar-refractivity contribution in [1.29, 1.82) is 0 Å². The van der Waals surface area contributed by atoms with Gasteiger partial charge in [-0.1, -0.05) is 37.1 Å². The first-order chi connectivity index (χ1) is 28.4. The van der Waals surface area contributed by atoms with E-state index in [1.165, 1.54) is 4.90 Å². The van der Waals surface area contributed by atoms with Gasteiger partial charge in [0.15, 0.2) is 5.76 Å². The second-order valence-electron chi connectivity index (χ2n) is 16.9. The van der Waals surface area contributed by atoms with Crippen LogP contribution in [-0.2, 0) is 29.1 Å². The fraction of sp³-hybridized carbons (Fsp3) is 0.524. The maximum absolute atomic E-state index is 14.8. The lowest BCUT2D eigenvalue weighted by Crippen LogP contribution is -2.58. The highest BCUT2D eigenvalue weighted by molar-refractivity contribution is 7.91. The molecule has 0 bridgehead atoms. The summed E-state index contributed by atoms with van der Waals surface area (Å²) >= 11 is 0. The van der Waals surface area contributed by atoms with E-state index in [0.29, 0.717) is 60.7 Å². The van der Waals surface area contributed by atoms with Crippen molar-refractivity contribution < 1.29 is 41.5 Å². The normalized spacial score (nSPS) is 27.3. The molecule has 312 valence electrons. The Morgan fingerprint density at radius 2 is 1.78 bits per heavy atom. The van der Waals surface area contributed by atoms with Crippen molar-refractivity contribution in [2.45, 2.75) is 125 Å². The number of alkyl carbamates (subject to hydrolysis) is 1. The smallest absolute Gasteiger partial charge is 0.408 e. The van der Waals surface area contributed by atoms with Gasteiger partial charge in [0.25, 0.3) is 5.91 Å². The third-order valence-corrected chi connectivity index (χ3v) is 14.8. The zero-order chi connectivity index (χ0) is 40.9. The predicted octanol–water partition coefficient (Wildman–Crippen LogP) is 4.92. The van der Waals surface area contributed by atoms with E-state index in [4.69, 9.17) is 23.9 Å². The summed E-state index contributed by atoms with van der Waals surface area (Å²) in [5, 5.41) is 5.75. The third-order valence-electron chi connectivity index (χ3n) is 12.6. The number of imidazole rings is 1. The number of furan rings is 1. The highest BCUT2D eigenvalue weighted by Gasteiger charge is 2.63. The molecule has 0 spiro atoms. The number of ether oxygens (including phenoxy) is 2. The van der Waals surface area contributed by atoms with Crippen molar-refractivity contribution in [3.63, 3.8) is 0 Å². The van der Waals surface area contributed by atoms with Gasteiger partial charge in [-0.05, 0) is 95.4 Å². The molecule has 3 aromatic heterocycles. The van der Waals surface area contributed by atoms with Gasteiger partial charge in [0.05, 0.1) is 28.6 Å². The maximum atomic E-state index is 14.8. The van der Waals surface area contributed by atoms with Gasteiger partial charge < -0.3 is 29.4 Å². The van der Waals surface area contributed by atoms with E-state index in [-0.39, 0.29) is 25.5 Å². The molecule has 3 saturated carbocycles. The van der Waals surface area contributed by atoms with Gasteiger partial charge in [-0.25, -0.2) is 27.6 Å². The lowest BCUT2D eigenvalue weighted by atomic mass is 10.0. The number of nitrogens with one attached hydrogen (secondary N) is 3. The maximum Gasteiger partial charge on any atom is 0.408 e. The van der Waals surface area contributed by atoms with Crippen molar-refractivity contribution in [2.75, 3.05) is 6.54 Å². The average molecular weight is 828 g/mol. The Balaban J connectivity index is 1.05. The van der Waals surface area contributed by atoms with E-state index < -0.39 is 68.2 Å². The van der Waals surface area contributed by atoms with Gasteiger partial charge in [0.1, 0.15) is 35.5 Å². The van der Waals surface area contributed by atoms with Gasteiger partial charge in [-0.3, -0.25) is 19.1 Å². The minimum Gasteiger partial charge on any atom is -0.473 e. The number of sulfonamides is 1. The number of carbonyl (C=O) groups is 4. The summed E-state index contributed by atoms with van der Waals surface area (Å²) in [6.45, 7) is 1.56. The number of allylic oxidation sites excluding steroid dienone is 1. The largest absolute Gasteiger partial charge is 0.473 e. The molecule has 4 aromatic rings. The van der Waals surface area contributed by atoms with Crippen LogP contribution in [0, 0.1) is 5.92 Å². The van der Waals surface area contributed by atoms with Crippen LogP contribution in [0.25, 0.3) is 28.3 Å². The minimum absolute atomic E-state index is 0.0257. The lowest BCUT2D eigenvalue weighted by Gasteiger charge is -2.30. The molecule has 5 aliphatic rings. The molecule has 0 unspecified atom stereocenters. The third kappa shape index (κ3) is 7.64. The molecule has 2 aliphatic heterocycles. The van der Waals surface area contributed by atoms with Crippen molar-refractivity contribution in [1.82, 2.24) is 34.6 Å². The van der Waals surface area contributed by atoms with Gasteiger partial charge in [-0.15, -0.1) is 0 Å². The van der Waals surface area contributed by atoms with Crippen LogP contribution in [0.1, 0.15) is 90.4 Å². The second kappa shape index (κ2) is 15.3. The molecule has 59 heavy (non-hydrogen) atoms. The van der Waals surface area contributed by atoms with Crippen molar-refractivity contribution in [3.8, 4) is 17.3 Å². The topological polar surface area (TPSA) is 204 Å². The van der Waals surface area contributed by atoms with Crippen LogP contribution in [0.15, 0.2) is 65.3 Å². The van der Waals surface area contributed by atoms with Crippen molar-refractivity contribution in [3.05, 3.63) is 60.9 Å². The van der Waals surface area contributed by atoms with Crippen LogP contribution >= 0.6 is 0 Å². The summed E-state index contributed by atoms with van der Waals surface area (Å²) in [6.07, 6.45) is 11.5. The molecule has 5 heterocycles. The van der Waals surface area contributed by atoms with Crippen molar-refractivity contribution in [2.24, 2.45) is 5.92 Å². The van der Waals surface area contributed by atoms with Crippen LogP contribution in [0.2, 0.25) is 0 Å². The number of nitrogens with zero attached hydrogens (tertiary/aromatic N) is 4. The molecule has 17 heteroatoms. The van der Waals surface area contributed by atoms with E-state index in [0.717, 1.165) is 44.0 Å². The van der Waals surface area contributed by atoms with Crippen LogP contribution in [0.5, 0.6) is 5.88 Å². The Bertz CT molecular complexity index is 2420. The van der Waals surface area contributed by atoms with Crippen LogP contribution in [0.3, 0.4) is 0 Å². The number of para-hydroxylation sites is 2. The van der Waals surface area contributed by atoms with Gasteiger partial charge in [-0.2, -0.15) is 0 Å². The monoisotopic (exact) mass is 827 g/mol. The molecule has 3 N–H and O–H groups in total. The molecule has 16 nitrogen and oxygen atoms in total. The zero-order valence-electron chi connectivity index (χ0n) is 32.9. The molecular formula is C42H49N7O9S. The molecule has 1 aromatic carbocycles. The lowest BCUT2D eigenvalue weighted by molar-refractivity contribution is -0.141. The second-order valence-corrected chi connectivity index (χ2v) is 19.1. The van der Waals surface area contributed by atoms with Crippen molar-refractivity contribution >= 4 is 50.6 Å². The first kappa shape index (κ1) is 39.0. The van der Waals surface area contributed by atoms with E-state index in [9.17, 15) is 27.6 Å². The highest BCUT2D eigenvalue weighted by Crippen LogP contribution is 2.47. The summed E-state index contributed by atoms with van der Waals surface area (Å²) in [5.74, 6) is -1.15. The molecule has 0 radical (unpaired) electrons. The van der Waals surface area contributed by atoms with E-state index in [1.807, 2.05) is 36.4 Å². The van der Waals surface area contributed by atoms with Crippen LogP contribution in [0.4, 0.5) is 4.79 Å². The van der Waals surface area contributed by atoms with Crippen LogP contribution < -0.4 is 20.1 Å². The Labute approximate surface area is 341 Å². The standard InChI is InChI=1S/C42H49N7O9S/c1-41(19-20-41)59(54,55)47-38(52)42-24-26(42)12-5-3-2-4-6-16-30(45-40(53)58-27-13-7-8-14-27)37(51)48-25-28(22-33(48)36(50)46-42)57-35-23-31(34-18-11-21-56-34)44-39-43-29-15-9-10-17-32(29)49(35)39/h5,9-12,15,17-18,21,23,26-28,30,33H,2-4,6-8,13-14,16,19-20,22,24-25H2,1H3,(H,45,53)(H,46,50)(H,47,52)/t26-,28-,30+,33+,42-/m1/s1. The fourth-order valence-electron chi connectivity index (χ4n) is 8.72. The number of hydrogen-bond donors (Lipinski definition) is 3. The quantitative estimate of drug-likeness (QED) is 0.204. The number of carbonyl (C=O) groups excluding carboxylic acids is 4. The number of amides is 4. The molecule has 9 rings (SSSR count). The van der Waals surface area contributed by atoms with Gasteiger partial charge >= 0.3 is 6.09 Å². The summed E-state index contributed by atoms with van der Waals surface area (Å²) in [4.78, 5) is 67.5. The Morgan fingerprint density at radius 1 is 0.983 bits per heavy atom. The van der Waals surface area contributed by atoms with E-state index in [2.05, 4.69) is 15.4 Å². The average Bonchev–Trinajstić information content (AvgIpc) is 3.69. The fourth-order valence-corrected chi connectivity index (χ4v) is 10.0. The Hall–Kier alpha value is -5.45. The molecule has 1 saturated heterocycles. The number of fused-ring (bicyclic) bond motifs is 5. The predicted molar refractivity (Wildman–Crippen MR) is 214 cm³/mol. The van der Waals surface area contributed by atoms with E-state index >= 15 is 0 Å². The van der Waals surface area contributed by atoms with Crippen LogP contribution in [-0.4, -0.2) is 92.6 Å². The zero-order valence-corrected chi connectivity index (χ0v) is 33.7. The molecule has 4 amide bonds. The Kier molecular flexibility index (Phi) is 10.1. The SMILES string of the molecule is CC1(S(=O)(=O)NC(=O)[C@@]23C[C@H]2C=CCCCCC[C@H](NC(=O)OC2CCCC2)C(=O)N2C[C@H](Oc4cc(-c5ccco5)nc5nc6ccccc6n45)C[C@H]2C(=O)N3)CC1.